The lowest BCUT2D eigenvalue weighted by molar-refractivity contribution is -0.151. The van der Waals surface area contributed by atoms with E-state index in [9.17, 15) is 19.2 Å². The molecule has 1 atom stereocenters. The van der Waals surface area contributed by atoms with Gasteiger partial charge in [0.1, 0.15) is 11.5 Å². The van der Waals surface area contributed by atoms with E-state index < -0.39 is 0 Å². The van der Waals surface area contributed by atoms with Gasteiger partial charge in [-0.05, 0) is 81.5 Å². The maximum Gasteiger partial charge on any atom is 0.310 e. The predicted molar refractivity (Wildman–Crippen MR) is 145 cm³/mol. The number of Topliss-reactive ketones (excluding diaryl/α,β-unsaturated/α-hetero) is 1. The Balaban J connectivity index is 1.35. The van der Waals surface area contributed by atoms with Crippen LogP contribution in [0.1, 0.15) is 54.1 Å². The highest BCUT2D eigenvalue weighted by atomic mass is 16.5. The first-order chi connectivity index (χ1) is 18.8. The summed E-state index contributed by atoms with van der Waals surface area (Å²) in [5, 5.41) is 0. The SMILES string of the molecule is CCOC(=O)[C@@H]1CCCN(C(=O)CCCN2C(=O)COc3ccc(C(=O)COc4ccc(C)c(C)c4)cc32)C1. The van der Waals surface area contributed by atoms with Crippen molar-refractivity contribution in [1.29, 1.82) is 0 Å². The number of piperidine rings is 1. The van der Waals surface area contributed by atoms with E-state index in [1.54, 1.807) is 34.9 Å². The molecule has 2 amide bonds. The van der Waals surface area contributed by atoms with Crippen LogP contribution in [0, 0.1) is 19.8 Å². The molecule has 1 saturated heterocycles. The maximum absolute atomic E-state index is 12.9. The van der Waals surface area contributed by atoms with Crippen molar-refractivity contribution in [3.8, 4) is 11.5 Å². The zero-order valence-corrected chi connectivity index (χ0v) is 22.9. The molecule has 2 heterocycles. The van der Waals surface area contributed by atoms with Crippen LogP contribution >= 0.6 is 0 Å². The number of likely N-dealkylation sites (tertiary alicyclic amines) is 1. The molecular formula is C30H36N2O7. The molecule has 0 aromatic heterocycles. The number of nitrogens with zero attached hydrogens (tertiary/aromatic N) is 2. The number of rotatable bonds is 10. The third-order valence-corrected chi connectivity index (χ3v) is 7.24. The number of ketones is 1. The van der Waals surface area contributed by atoms with Crippen LogP contribution in [0.4, 0.5) is 5.69 Å². The number of carbonyl (C=O) groups is 4. The molecule has 2 aromatic rings. The molecule has 2 aliphatic heterocycles. The first kappa shape index (κ1) is 28.1. The highest BCUT2D eigenvalue weighted by Crippen LogP contribution is 2.33. The van der Waals surface area contributed by atoms with Crippen LogP contribution in [0.2, 0.25) is 0 Å². The van der Waals surface area contributed by atoms with E-state index in [2.05, 4.69) is 0 Å². The second-order valence-corrected chi connectivity index (χ2v) is 10.0. The number of hydrogen-bond acceptors (Lipinski definition) is 7. The summed E-state index contributed by atoms with van der Waals surface area (Å²) in [6.45, 7) is 7.16. The number of hydrogen-bond donors (Lipinski definition) is 0. The smallest absolute Gasteiger partial charge is 0.310 e. The van der Waals surface area contributed by atoms with Gasteiger partial charge in [0.15, 0.2) is 19.0 Å². The molecule has 208 valence electrons. The molecule has 0 N–H and O–H groups in total. The lowest BCUT2D eigenvalue weighted by Gasteiger charge is -2.32. The number of amides is 2. The molecule has 9 heteroatoms. The van der Waals surface area contributed by atoms with E-state index in [0.717, 1.165) is 24.0 Å². The van der Waals surface area contributed by atoms with Crippen LogP contribution in [-0.4, -0.2) is 67.9 Å². The Kier molecular flexibility index (Phi) is 9.22. The molecule has 1 fully saturated rings. The zero-order chi connectivity index (χ0) is 27.9. The van der Waals surface area contributed by atoms with Gasteiger partial charge < -0.3 is 24.0 Å². The van der Waals surface area contributed by atoms with Gasteiger partial charge in [-0.3, -0.25) is 19.2 Å². The fourth-order valence-corrected chi connectivity index (χ4v) is 4.86. The predicted octanol–water partition coefficient (Wildman–Crippen LogP) is 3.87. The van der Waals surface area contributed by atoms with E-state index in [1.807, 2.05) is 32.0 Å². The van der Waals surface area contributed by atoms with Crippen molar-refractivity contribution in [3.63, 3.8) is 0 Å². The quantitative estimate of drug-likeness (QED) is 0.336. The summed E-state index contributed by atoms with van der Waals surface area (Å²) >= 11 is 0. The van der Waals surface area contributed by atoms with Crippen molar-refractivity contribution in [2.24, 2.45) is 5.92 Å². The van der Waals surface area contributed by atoms with Crippen LogP contribution in [-0.2, 0) is 19.1 Å². The van der Waals surface area contributed by atoms with E-state index in [4.69, 9.17) is 14.2 Å². The van der Waals surface area contributed by atoms with Gasteiger partial charge in [-0.2, -0.15) is 0 Å². The lowest BCUT2D eigenvalue weighted by Crippen LogP contribution is -2.43. The topological polar surface area (TPSA) is 102 Å². The molecule has 2 aliphatic rings. The molecule has 4 rings (SSSR count). The number of fused-ring (bicyclic) bond motifs is 1. The maximum atomic E-state index is 12.9. The van der Waals surface area contributed by atoms with Gasteiger partial charge in [0.05, 0.1) is 18.2 Å². The van der Waals surface area contributed by atoms with Crippen molar-refractivity contribution in [2.45, 2.75) is 46.5 Å². The minimum absolute atomic E-state index is 0.0441. The molecule has 0 radical (unpaired) electrons. The standard InChI is InChI=1S/C30H36N2O7/c1-4-37-30(36)23-7-5-13-31(17-23)28(34)8-6-14-32-25-16-22(10-12-27(25)39-19-29(32)35)26(33)18-38-24-11-9-20(2)21(3)15-24/h9-12,15-16,23H,4-8,13-14,17-19H2,1-3H3/t23-/m1/s1. The Bertz CT molecular complexity index is 1240. The third-order valence-electron chi connectivity index (χ3n) is 7.24. The molecule has 0 saturated carbocycles. The van der Waals surface area contributed by atoms with Gasteiger partial charge in [0.25, 0.3) is 5.91 Å². The van der Waals surface area contributed by atoms with E-state index in [0.29, 0.717) is 55.4 Å². The summed E-state index contributed by atoms with van der Waals surface area (Å²) < 4.78 is 16.4. The number of benzene rings is 2. The zero-order valence-electron chi connectivity index (χ0n) is 22.9. The summed E-state index contributed by atoms with van der Waals surface area (Å²) in [7, 11) is 0. The molecule has 0 bridgehead atoms. The second-order valence-electron chi connectivity index (χ2n) is 10.0. The molecule has 0 spiro atoms. The minimum Gasteiger partial charge on any atom is -0.485 e. The van der Waals surface area contributed by atoms with Gasteiger partial charge >= 0.3 is 5.97 Å². The van der Waals surface area contributed by atoms with Crippen molar-refractivity contribution >= 4 is 29.3 Å². The summed E-state index contributed by atoms with van der Waals surface area (Å²) in [6, 6.07) is 10.7. The van der Waals surface area contributed by atoms with Crippen LogP contribution in [0.25, 0.3) is 0 Å². The first-order valence-corrected chi connectivity index (χ1v) is 13.5. The van der Waals surface area contributed by atoms with Crippen LogP contribution in [0.15, 0.2) is 36.4 Å². The van der Waals surface area contributed by atoms with Crippen molar-refractivity contribution < 1.29 is 33.4 Å². The lowest BCUT2D eigenvalue weighted by atomic mass is 9.98. The van der Waals surface area contributed by atoms with Crippen molar-refractivity contribution in [1.82, 2.24) is 4.90 Å². The van der Waals surface area contributed by atoms with Gasteiger partial charge in [-0.1, -0.05) is 6.07 Å². The fourth-order valence-electron chi connectivity index (χ4n) is 4.86. The van der Waals surface area contributed by atoms with Crippen LogP contribution in [0.5, 0.6) is 11.5 Å². The molecular weight excluding hydrogens is 500 g/mol. The Hall–Kier alpha value is -3.88. The molecule has 0 aliphatic carbocycles. The number of anilines is 1. The van der Waals surface area contributed by atoms with E-state index in [-0.39, 0.29) is 49.1 Å². The monoisotopic (exact) mass is 536 g/mol. The average molecular weight is 537 g/mol. The summed E-state index contributed by atoms with van der Waals surface area (Å²) in [5.41, 5.74) is 3.15. The summed E-state index contributed by atoms with van der Waals surface area (Å²) in [4.78, 5) is 53.8. The van der Waals surface area contributed by atoms with Gasteiger partial charge in [-0.15, -0.1) is 0 Å². The summed E-state index contributed by atoms with van der Waals surface area (Å²) in [6.07, 6.45) is 2.17. The van der Waals surface area contributed by atoms with Crippen molar-refractivity contribution in [2.75, 3.05) is 44.4 Å². The number of ether oxygens (including phenoxy) is 3. The Labute approximate surface area is 229 Å². The Morgan fingerprint density at radius 3 is 2.67 bits per heavy atom. The third kappa shape index (κ3) is 6.96. The van der Waals surface area contributed by atoms with Crippen LogP contribution < -0.4 is 14.4 Å². The molecule has 9 nitrogen and oxygen atoms in total. The van der Waals surface area contributed by atoms with Crippen molar-refractivity contribution in [3.05, 3.63) is 53.1 Å². The minimum atomic E-state index is -0.287. The van der Waals surface area contributed by atoms with E-state index >= 15 is 0 Å². The van der Waals surface area contributed by atoms with Crippen LogP contribution in [0.3, 0.4) is 0 Å². The average Bonchev–Trinajstić information content (AvgIpc) is 2.94. The number of esters is 1. The fraction of sp³-hybridized carbons (Fsp3) is 0.467. The first-order valence-electron chi connectivity index (χ1n) is 13.5. The van der Waals surface area contributed by atoms with Gasteiger partial charge in [0, 0.05) is 31.6 Å². The van der Waals surface area contributed by atoms with E-state index in [1.165, 1.54) is 0 Å². The highest BCUT2D eigenvalue weighted by Gasteiger charge is 2.30. The summed E-state index contributed by atoms with van der Waals surface area (Å²) in [5.74, 6) is 0.104. The molecule has 39 heavy (non-hydrogen) atoms. The normalized spacial score (nSPS) is 16.8. The Morgan fingerprint density at radius 2 is 1.90 bits per heavy atom. The molecule has 2 aromatic carbocycles. The Morgan fingerprint density at radius 1 is 1.08 bits per heavy atom. The highest BCUT2D eigenvalue weighted by molar-refractivity contribution is 6.02. The second kappa shape index (κ2) is 12.8. The number of aryl methyl sites for hydroxylation is 2. The number of carbonyl (C=O) groups excluding carboxylic acids is 4. The largest absolute Gasteiger partial charge is 0.485 e. The molecule has 0 unspecified atom stereocenters. The van der Waals surface area contributed by atoms with Gasteiger partial charge in [-0.25, -0.2) is 0 Å². The van der Waals surface area contributed by atoms with Gasteiger partial charge in [0.2, 0.25) is 5.91 Å².